The van der Waals surface area contributed by atoms with Gasteiger partial charge in [0.2, 0.25) is 0 Å². The lowest BCUT2D eigenvalue weighted by Crippen LogP contribution is -2.79. The summed E-state index contributed by atoms with van der Waals surface area (Å²) < 4.78 is 354. The van der Waals surface area contributed by atoms with Gasteiger partial charge in [0, 0.05) is 0 Å². The monoisotopic (exact) mass is 716 g/mol. The zero-order valence-corrected chi connectivity index (χ0v) is 18.1. The summed E-state index contributed by atoms with van der Waals surface area (Å²) in [6, 6.07) is 0. The maximum Gasteiger partial charge on any atom is 0.460 e. The Morgan fingerprint density at radius 1 is 0.279 bits per heavy atom. The van der Waals surface area contributed by atoms with Gasteiger partial charge < -0.3 is 5.11 Å². The van der Waals surface area contributed by atoms with Gasteiger partial charge in [-0.2, -0.15) is 119 Å². The summed E-state index contributed by atoms with van der Waals surface area (Å²) in [5.74, 6) is -116. The minimum atomic E-state index is -9.86. The van der Waals surface area contributed by atoms with Crippen molar-refractivity contribution in [1.82, 2.24) is 0 Å². The van der Waals surface area contributed by atoms with Crippen molar-refractivity contribution in [3.05, 3.63) is 0 Å². The Morgan fingerprint density at radius 2 is 0.419 bits per heavy atom. The first kappa shape index (κ1) is 40.6. The van der Waals surface area contributed by atoms with Crippen LogP contribution in [0.4, 0.5) is 119 Å². The van der Waals surface area contributed by atoms with Crippen LogP contribution >= 0.6 is 0 Å². The number of carboxylic acid groups (broad SMARTS) is 1. The molecule has 0 aliphatic rings. The van der Waals surface area contributed by atoms with E-state index < -0.39 is 83.2 Å². The molecule has 43 heavy (non-hydrogen) atoms. The number of hydrogen-bond acceptors (Lipinski definition) is 1. The van der Waals surface area contributed by atoms with Crippen LogP contribution in [0.25, 0.3) is 0 Å². The van der Waals surface area contributed by atoms with E-state index in [1.54, 1.807) is 0 Å². The standard InChI is InChI=1S/C14HF27O2/c15-2(16,1(42)43)3(17,18)4(19,20)5(21,22)6(23,24)7(25,26)8(27,28)9(29,30)10(31,32)11(33,34)12(35,36)13(37,38)14(39,40)41/h(H,42,43)/i1+1,2+1. The largest absolute Gasteiger partial charge is 0.477 e. The molecule has 0 amide bonds. The van der Waals surface area contributed by atoms with Crippen LogP contribution in [0.3, 0.4) is 0 Å². The van der Waals surface area contributed by atoms with Crippen molar-refractivity contribution in [2.45, 2.75) is 77.2 Å². The molecule has 258 valence electrons. The van der Waals surface area contributed by atoms with Crippen LogP contribution in [0.15, 0.2) is 0 Å². The quantitative estimate of drug-likeness (QED) is 0.163. The first-order valence-corrected chi connectivity index (χ1v) is 8.78. The number of carbonyl (C=O) groups is 1. The first-order valence-electron chi connectivity index (χ1n) is 8.78. The number of hydrogen-bond donors (Lipinski definition) is 1. The number of rotatable bonds is 12. The van der Waals surface area contributed by atoms with Crippen LogP contribution in [-0.2, 0) is 4.79 Å². The summed E-state index contributed by atoms with van der Waals surface area (Å²) in [6.45, 7) is 0. The van der Waals surface area contributed by atoms with Crippen molar-refractivity contribution in [2.24, 2.45) is 0 Å². The second-order valence-electron chi connectivity index (χ2n) is 7.70. The van der Waals surface area contributed by atoms with Crippen molar-refractivity contribution in [3.63, 3.8) is 0 Å². The van der Waals surface area contributed by atoms with E-state index >= 15 is 0 Å². The number of alkyl halides is 27. The molecule has 0 heterocycles. The molecule has 0 radical (unpaired) electrons. The Kier molecular flexibility index (Phi) is 9.00. The summed E-state index contributed by atoms with van der Waals surface area (Å²) in [6.07, 6.45) is -8.26. The molecule has 0 saturated carbocycles. The lowest BCUT2D eigenvalue weighted by atomic mass is 9.85. The Morgan fingerprint density at radius 3 is 0.558 bits per heavy atom. The zero-order chi connectivity index (χ0) is 36.1. The number of carboxylic acids is 1. The fourth-order valence-electron chi connectivity index (χ4n) is 2.28. The summed E-state index contributed by atoms with van der Waals surface area (Å²) in [5.41, 5.74) is 0. The average molecular weight is 716 g/mol. The molecule has 0 aromatic carbocycles. The van der Waals surface area contributed by atoms with Gasteiger partial charge in [0.05, 0.1) is 0 Å². The predicted molar refractivity (Wildman–Crippen MR) is 73.1 cm³/mol. The third-order valence-electron chi connectivity index (χ3n) is 4.96. The van der Waals surface area contributed by atoms with Crippen LogP contribution in [0.1, 0.15) is 0 Å². The Balaban J connectivity index is 7.49. The highest BCUT2D eigenvalue weighted by molar-refractivity contribution is 5.77. The van der Waals surface area contributed by atoms with E-state index in [1.807, 2.05) is 0 Å². The second kappa shape index (κ2) is 9.54. The Hall–Kier alpha value is -2.42. The van der Waals surface area contributed by atoms with Crippen LogP contribution in [0, 0.1) is 0 Å². The van der Waals surface area contributed by atoms with E-state index in [9.17, 15) is 123 Å². The van der Waals surface area contributed by atoms with E-state index in [0.717, 1.165) is 0 Å². The lowest BCUT2D eigenvalue weighted by molar-refractivity contribution is -0.484. The molecule has 0 aliphatic carbocycles. The van der Waals surface area contributed by atoms with Gasteiger partial charge in [-0.3, -0.25) is 0 Å². The predicted octanol–water partition coefficient (Wildman–Crippen LogP) is 8.26. The molecule has 29 heteroatoms. The summed E-state index contributed by atoms with van der Waals surface area (Å²) in [7, 11) is 0. The van der Waals surface area contributed by atoms with Crippen LogP contribution in [-0.4, -0.2) is 88.3 Å². The molecule has 0 unspecified atom stereocenters. The molecule has 0 aromatic heterocycles. The first-order chi connectivity index (χ1) is 17.9. The lowest BCUT2D eigenvalue weighted by Gasteiger charge is -2.45. The van der Waals surface area contributed by atoms with Crippen LogP contribution < -0.4 is 0 Å². The minimum Gasteiger partial charge on any atom is -0.477 e. The number of aliphatic carboxylic acids is 1. The van der Waals surface area contributed by atoms with E-state index in [-0.39, 0.29) is 0 Å². The van der Waals surface area contributed by atoms with Gasteiger partial charge in [0.25, 0.3) is 0 Å². The van der Waals surface area contributed by atoms with Crippen molar-refractivity contribution in [1.29, 1.82) is 0 Å². The second-order valence-corrected chi connectivity index (χ2v) is 7.70. The van der Waals surface area contributed by atoms with Crippen molar-refractivity contribution in [3.8, 4) is 0 Å². The maximum absolute atomic E-state index is 13.5. The summed E-state index contributed by atoms with van der Waals surface area (Å²) in [5, 5.41) is 7.64. The van der Waals surface area contributed by atoms with Crippen molar-refractivity contribution >= 4 is 5.97 Å². The van der Waals surface area contributed by atoms with E-state index in [4.69, 9.17) is 5.11 Å². The van der Waals surface area contributed by atoms with Gasteiger partial charge in [0.15, 0.2) is 0 Å². The van der Waals surface area contributed by atoms with Gasteiger partial charge in [-0.05, 0) is 0 Å². The summed E-state index contributed by atoms with van der Waals surface area (Å²) in [4.78, 5) is 9.89. The zero-order valence-electron chi connectivity index (χ0n) is 18.1. The highest BCUT2D eigenvalue weighted by atomic mass is 19.4. The smallest absolute Gasteiger partial charge is 0.460 e. The number of halogens is 27. The molecule has 0 rings (SSSR count). The van der Waals surface area contributed by atoms with Crippen LogP contribution in [0.5, 0.6) is 0 Å². The molecular weight excluding hydrogens is 715 g/mol. The van der Waals surface area contributed by atoms with Crippen molar-refractivity contribution in [2.75, 3.05) is 0 Å². The molecule has 0 atom stereocenters. The van der Waals surface area contributed by atoms with Gasteiger partial charge in [-0.25, -0.2) is 4.79 Å². The van der Waals surface area contributed by atoms with Gasteiger partial charge in [0.1, 0.15) is 0 Å². The van der Waals surface area contributed by atoms with Gasteiger partial charge in [-0.15, -0.1) is 0 Å². The van der Waals surface area contributed by atoms with E-state index in [0.29, 0.717) is 0 Å². The maximum atomic E-state index is 13.5. The average Bonchev–Trinajstić information content (AvgIpc) is 2.76. The third-order valence-corrected chi connectivity index (χ3v) is 4.96. The van der Waals surface area contributed by atoms with Gasteiger partial charge >= 0.3 is 83.2 Å². The van der Waals surface area contributed by atoms with E-state index in [1.165, 1.54) is 0 Å². The van der Waals surface area contributed by atoms with Crippen LogP contribution in [0.2, 0.25) is 0 Å². The molecular formula is C14HF27O2. The molecule has 0 fully saturated rings. The third kappa shape index (κ3) is 4.49. The Labute approximate surface area is 213 Å². The van der Waals surface area contributed by atoms with E-state index in [2.05, 4.69) is 0 Å². The van der Waals surface area contributed by atoms with Gasteiger partial charge in [-0.1, -0.05) is 0 Å². The highest BCUT2D eigenvalue weighted by Gasteiger charge is 3.00. The topological polar surface area (TPSA) is 37.3 Å². The molecule has 0 bridgehead atoms. The fraction of sp³-hybridized carbons (Fsp3) is 0.929. The molecule has 0 spiro atoms. The molecule has 0 aromatic rings. The molecule has 1 N–H and O–H groups in total. The Bertz CT molecular complexity index is 1060. The highest BCUT2D eigenvalue weighted by Crippen LogP contribution is 2.68. The molecule has 2 nitrogen and oxygen atoms in total. The molecule has 0 aliphatic heterocycles. The minimum absolute atomic E-state index is 4.72. The van der Waals surface area contributed by atoms with Crippen molar-refractivity contribution < 1.29 is 128 Å². The SMILES string of the molecule is O=[13C](O)[13C](F)(F)C(F)(F)C(F)(F)C(F)(F)C(F)(F)C(F)(F)C(F)(F)C(F)(F)C(F)(F)C(F)(F)C(F)(F)C(F)(F)C(F)(F)F. The summed E-state index contributed by atoms with van der Waals surface area (Å²) >= 11 is 0. The molecule has 0 saturated heterocycles. The normalized spacial score (nSPS) is 16.9. The fourth-order valence-corrected chi connectivity index (χ4v) is 2.28.